The van der Waals surface area contributed by atoms with E-state index < -0.39 is 0 Å². The van der Waals surface area contributed by atoms with E-state index >= 15 is 0 Å². The number of nitrogens with zero attached hydrogens (tertiary/aromatic N) is 3. The summed E-state index contributed by atoms with van der Waals surface area (Å²) in [5.74, 6) is -0.177. The van der Waals surface area contributed by atoms with Gasteiger partial charge in [-0.15, -0.1) is 0 Å². The minimum absolute atomic E-state index is 0.177. The van der Waals surface area contributed by atoms with Gasteiger partial charge in [0.05, 0.1) is 0 Å². The molecule has 6 heteroatoms. The molecule has 1 aromatic carbocycles. The van der Waals surface area contributed by atoms with Gasteiger partial charge in [-0.25, -0.2) is 0 Å². The van der Waals surface area contributed by atoms with E-state index in [1.165, 1.54) is 0 Å². The molecular formula is C10H11ClN4O. The summed E-state index contributed by atoms with van der Waals surface area (Å²) in [7, 11) is 0. The maximum atomic E-state index is 11.6. The molecule has 0 saturated heterocycles. The van der Waals surface area contributed by atoms with Crippen LogP contribution in [0.3, 0.4) is 0 Å². The number of rotatable bonds is 5. The van der Waals surface area contributed by atoms with Crippen LogP contribution in [0.4, 0.5) is 0 Å². The number of hydrogen-bond acceptors (Lipinski definition) is 2. The first-order valence-electron chi connectivity index (χ1n) is 4.78. The van der Waals surface area contributed by atoms with Gasteiger partial charge in [0.2, 0.25) is 0 Å². The fourth-order valence-corrected chi connectivity index (χ4v) is 1.32. The largest absolute Gasteiger partial charge is 0.352 e. The van der Waals surface area contributed by atoms with E-state index in [1.54, 1.807) is 24.3 Å². The zero-order valence-corrected chi connectivity index (χ0v) is 9.31. The van der Waals surface area contributed by atoms with E-state index in [-0.39, 0.29) is 5.91 Å². The fraction of sp³-hybridized carbons (Fsp3) is 0.300. The SMILES string of the molecule is [N-]=[N+]=NCCCNC(=O)c1cccc(Cl)c1. The summed E-state index contributed by atoms with van der Waals surface area (Å²) < 4.78 is 0. The lowest BCUT2D eigenvalue weighted by Gasteiger charge is -2.03. The zero-order chi connectivity index (χ0) is 11.8. The monoisotopic (exact) mass is 238 g/mol. The Bertz CT molecular complexity index is 415. The lowest BCUT2D eigenvalue weighted by Crippen LogP contribution is -2.24. The average molecular weight is 239 g/mol. The number of hydrogen-bond donors (Lipinski definition) is 1. The first kappa shape index (κ1) is 12.4. The second-order valence-electron chi connectivity index (χ2n) is 3.07. The summed E-state index contributed by atoms with van der Waals surface area (Å²) in [5, 5.41) is 6.60. The van der Waals surface area contributed by atoms with E-state index in [2.05, 4.69) is 15.3 Å². The summed E-state index contributed by atoms with van der Waals surface area (Å²) in [4.78, 5) is 14.2. The molecule has 1 amide bonds. The second kappa shape index (κ2) is 6.71. The van der Waals surface area contributed by atoms with Gasteiger partial charge >= 0.3 is 0 Å². The Morgan fingerprint density at radius 1 is 1.56 bits per heavy atom. The molecule has 0 aliphatic carbocycles. The molecule has 0 fully saturated rings. The number of amides is 1. The van der Waals surface area contributed by atoms with Crippen LogP contribution in [0.25, 0.3) is 10.4 Å². The first-order chi connectivity index (χ1) is 7.74. The average Bonchev–Trinajstić information content (AvgIpc) is 2.28. The molecule has 1 N–H and O–H groups in total. The normalized spacial score (nSPS) is 9.31. The Kier molecular flexibility index (Phi) is 5.19. The highest BCUT2D eigenvalue weighted by molar-refractivity contribution is 6.30. The highest BCUT2D eigenvalue weighted by Crippen LogP contribution is 2.10. The molecule has 0 saturated carbocycles. The standard InChI is InChI=1S/C10H11ClN4O/c11-9-4-1-3-8(7-9)10(16)13-5-2-6-14-15-12/h1,3-4,7H,2,5-6H2,(H,13,16). The second-order valence-corrected chi connectivity index (χ2v) is 3.51. The molecule has 0 bridgehead atoms. The lowest BCUT2D eigenvalue weighted by molar-refractivity contribution is 0.0953. The smallest absolute Gasteiger partial charge is 0.251 e. The van der Waals surface area contributed by atoms with Gasteiger partial charge in [-0.3, -0.25) is 4.79 Å². The van der Waals surface area contributed by atoms with Gasteiger partial charge in [-0.2, -0.15) is 0 Å². The molecular weight excluding hydrogens is 228 g/mol. The van der Waals surface area contributed by atoms with Gasteiger partial charge in [-0.1, -0.05) is 22.8 Å². The van der Waals surface area contributed by atoms with Crippen LogP contribution in [0, 0.1) is 0 Å². The van der Waals surface area contributed by atoms with Crippen molar-refractivity contribution in [3.63, 3.8) is 0 Å². The Morgan fingerprint density at radius 2 is 2.38 bits per heavy atom. The Morgan fingerprint density at radius 3 is 3.06 bits per heavy atom. The quantitative estimate of drug-likeness (QED) is 0.364. The van der Waals surface area contributed by atoms with Gasteiger partial charge in [0.1, 0.15) is 0 Å². The maximum Gasteiger partial charge on any atom is 0.251 e. The number of nitrogens with one attached hydrogen (secondary N) is 1. The van der Waals surface area contributed by atoms with E-state index in [0.717, 1.165) is 0 Å². The van der Waals surface area contributed by atoms with Crippen LogP contribution in [-0.4, -0.2) is 19.0 Å². The van der Waals surface area contributed by atoms with Crippen LogP contribution >= 0.6 is 11.6 Å². The summed E-state index contributed by atoms with van der Waals surface area (Å²) in [6.45, 7) is 0.858. The highest BCUT2D eigenvalue weighted by atomic mass is 35.5. The van der Waals surface area contributed by atoms with Gasteiger partial charge in [0, 0.05) is 28.6 Å². The van der Waals surface area contributed by atoms with E-state index in [9.17, 15) is 4.79 Å². The third-order valence-electron chi connectivity index (χ3n) is 1.87. The summed E-state index contributed by atoms with van der Waals surface area (Å²) in [5.41, 5.74) is 8.56. The summed E-state index contributed by atoms with van der Waals surface area (Å²) in [6.07, 6.45) is 0.621. The number of azide groups is 1. The van der Waals surface area contributed by atoms with Crippen LogP contribution in [-0.2, 0) is 0 Å². The third kappa shape index (κ3) is 4.21. The molecule has 0 heterocycles. The van der Waals surface area contributed by atoms with Crippen molar-refractivity contribution in [2.24, 2.45) is 5.11 Å². The molecule has 0 radical (unpaired) electrons. The van der Waals surface area contributed by atoms with Crippen molar-refractivity contribution >= 4 is 17.5 Å². The van der Waals surface area contributed by atoms with Crippen molar-refractivity contribution in [2.75, 3.05) is 13.1 Å². The molecule has 0 aliphatic heterocycles. The van der Waals surface area contributed by atoms with Crippen LogP contribution in [0.5, 0.6) is 0 Å². The van der Waals surface area contributed by atoms with E-state index in [1.807, 2.05) is 0 Å². The van der Waals surface area contributed by atoms with E-state index in [0.29, 0.717) is 30.1 Å². The summed E-state index contributed by atoms with van der Waals surface area (Å²) in [6, 6.07) is 6.72. The molecule has 0 atom stereocenters. The summed E-state index contributed by atoms with van der Waals surface area (Å²) >= 11 is 5.76. The fourth-order valence-electron chi connectivity index (χ4n) is 1.13. The zero-order valence-electron chi connectivity index (χ0n) is 8.56. The van der Waals surface area contributed by atoms with Gasteiger partial charge in [0.15, 0.2) is 0 Å². The topological polar surface area (TPSA) is 77.9 Å². The number of carbonyl (C=O) groups excluding carboxylic acids is 1. The van der Waals surface area contributed by atoms with Gasteiger partial charge in [-0.05, 0) is 30.2 Å². The van der Waals surface area contributed by atoms with Crippen LogP contribution < -0.4 is 5.32 Å². The predicted molar refractivity (Wildman–Crippen MR) is 62.4 cm³/mol. The Balaban J connectivity index is 2.38. The van der Waals surface area contributed by atoms with Crippen molar-refractivity contribution in [1.82, 2.24) is 5.32 Å². The van der Waals surface area contributed by atoms with Crippen molar-refractivity contribution in [3.05, 3.63) is 45.3 Å². The Hall–Kier alpha value is -1.71. The van der Waals surface area contributed by atoms with Gasteiger partial charge < -0.3 is 5.32 Å². The van der Waals surface area contributed by atoms with Crippen LogP contribution in [0.2, 0.25) is 5.02 Å². The van der Waals surface area contributed by atoms with Crippen molar-refractivity contribution in [1.29, 1.82) is 0 Å². The minimum atomic E-state index is -0.177. The maximum absolute atomic E-state index is 11.6. The Labute approximate surface area is 98.0 Å². The van der Waals surface area contributed by atoms with Crippen LogP contribution in [0.1, 0.15) is 16.8 Å². The molecule has 1 rings (SSSR count). The molecule has 5 nitrogen and oxygen atoms in total. The highest BCUT2D eigenvalue weighted by Gasteiger charge is 2.03. The predicted octanol–water partition coefficient (Wildman–Crippen LogP) is 2.77. The van der Waals surface area contributed by atoms with Crippen molar-refractivity contribution < 1.29 is 4.79 Å². The van der Waals surface area contributed by atoms with Gasteiger partial charge in [0.25, 0.3) is 5.91 Å². The number of halogens is 1. The molecule has 1 aromatic rings. The number of benzene rings is 1. The molecule has 84 valence electrons. The molecule has 0 aliphatic rings. The number of carbonyl (C=O) groups is 1. The minimum Gasteiger partial charge on any atom is -0.352 e. The lowest BCUT2D eigenvalue weighted by atomic mass is 10.2. The third-order valence-corrected chi connectivity index (χ3v) is 2.11. The first-order valence-corrected chi connectivity index (χ1v) is 5.16. The molecule has 0 unspecified atom stereocenters. The van der Waals surface area contributed by atoms with E-state index in [4.69, 9.17) is 17.1 Å². The molecule has 16 heavy (non-hydrogen) atoms. The van der Waals surface area contributed by atoms with Crippen molar-refractivity contribution in [2.45, 2.75) is 6.42 Å². The van der Waals surface area contributed by atoms with Crippen molar-refractivity contribution in [3.8, 4) is 0 Å². The van der Waals surface area contributed by atoms with Crippen LogP contribution in [0.15, 0.2) is 29.4 Å². The molecule has 0 spiro atoms. The molecule has 0 aromatic heterocycles.